The van der Waals surface area contributed by atoms with Crippen LogP contribution in [0, 0.1) is 6.92 Å². The van der Waals surface area contributed by atoms with Crippen LogP contribution in [-0.2, 0) is 17.9 Å². The van der Waals surface area contributed by atoms with Gasteiger partial charge in [-0.3, -0.25) is 9.69 Å². The van der Waals surface area contributed by atoms with Gasteiger partial charge >= 0.3 is 6.03 Å². The van der Waals surface area contributed by atoms with Crippen molar-refractivity contribution in [3.05, 3.63) is 97.6 Å². The summed E-state index contributed by atoms with van der Waals surface area (Å²) in [6, 6.07) is 18.8. The molecule has 180 valence electrons. The molecular formula is C27H24Br2N2O4. The van der Waals surface area contributed by atoms with Gasteiger partial charge in [-0.05, 0) is 76.8 Å². The van der Waals surface area contributed by atoms with Crippen LogP contribution < -0.4 is 14.8 Å². The molecule has 1 fully saturated rings. The van der Waals surface area contributed by atoms with E-state index in [0.717, 1.165) is 21.2 Å². The molecule has 3 aromatic rings. The minimum absolute atomic E-state index is 0.209. The molecule has 0 unspecified atom stereocenters. The van der Waals surface area contributed by atoms with E-state index in [0.29, 0.717) is 34.7 Å². The van der Waals surface area contributed by atoms with Crippen LogP contribution in [0.2, 0.25) is 0 Å². The van der Waals surface area contributed by atoms with Gasteiger partial charge in [-0.25, -0.2) is 4.79 Å². The molecular weight excluding hydrogens is 576 g/mol. The summed E-state index contributed by atoms with van der Waals surface area (Å²) in [4.78, 5) is 26.7. The number of nitrogens with zero attached hydrogens (tertiary/aromatic N) is 1. The van der Waals surface area contributed by atoms with Gasteiger partial charge in [0, 0.05) is 4.47 Å². The smallest absolute Gasteiger partial charge is 0.329 e. The average Bonchev–Trinajstić information content (AvgIpc) is 3.07. The van der Waals surface area contributed by atoms with E-state index in [2.05, 4.69) is 37.2 Å². The van der Waals surface area contributed by atoms with Crippen LogP contribution in [0.3, 0.4) is 0 Å². The number of halogens is 2. The predicted octanol–water partition coefficient (Wildman–Crippen LogP) is 6.59. The predicted molar refractivity (Wildman–Crippen MR) is 142 cm³/mol. The lowest BCUT2D eigenvalue weighted by atomic mass is 10.1. The average molecular weight is 600 g/mol. The van der Waals surface area contributed by atoms with E-state index in [1.54, 1.807) is 12.1 Å². The lowest BCUT2D eigenvalue weighted by Crippen LogP contribution is -2.30. The molecule has 1 aliphatic rings. The second kappa shape index (κ2) is 11.1. The number of benzene rings is 3. The lowest BCUT2D eigenvalue weighted by Gasteiger charge is -2.15. The number of hydrogen-bond donors (Lipinski definition) is 1. The van der Waals surface area contributed by atoms with Crippen LogP contribution in [0.25, 0.3) is 6.08 Å². The molecule has 1 aliphatic heterocycles. The Balaban J connectivity index is 1.55. The van der Waals surface area contributed by atoms with E-state index >= 15 is 0 Å². The maximum absolute atomic E-state index is 13.0. The molecule has 4 rings (SSSR count). The van der Waals surface area contributed by atoms with Gasteiger partial charge in [0.25, 0.3) is 5.91 Å². The zero-order chi connectivity index (χ0) is 24.9. The van der Waals surface area contributed by atoms with Gasteiger partial charge in [-0.2, -0.15) is 0 Å². The first-order valence-corrected chi connectivity index (χ1v) is 12.7. The Labute approximate surface area is 221 Å². The molecule has 8 heteroatoms. The second-order valence-corrected chi connectivity index (χ2v) is 9.82. The number of hydrogen-bond acceptors (Lipinski definition) is 4. The fraction of sp³-hybridized carbons (Fsp3) is 0.185. The molecule has 3 aromatic carbocycles. The van der Waals surface area contributed by atoms with Crippen molar-refractivity contribution < 1.29 is 19.1 Å². The molecule has 0 atom stereocenters. The first-order valence-electron chi connectivity index (χ1n) is 11.1. The van der Waals surface area contributed by atoms with Gasteiger partial charge in [0.05, 0.1) is 17.6 Å². The van der Waals surface area contributed by atoms with E-state index in [9.17, 15) is 9.59 Å². The van der Waals surface area contributed by atoms with Crippen LogP contribution in [-0.4, -0.2) is 23.4 Å². The topological polar surface area (TPSA) is 67.9 Å². The summed E-state index contributed by atoms with van der Waals surface area (Å²) < 4.78 is 13.5. The zero-order valence-corrected chi connectivity index (χ0v) is 22.5. The number of rotatable bonds is 8. The Hall–Kier alpha value is -3.10. The normalized spacial score (nSPS) is 14.4. The molecule has 35 heavy (non-hydrogen) atoms. The van der Waals surface area contributed by atoms with Crippen LogP contribution in [0.1, 0.15) is 29.2 Å². The molecule has 0 bridgehead atoms. The first kappa shape index (κ1) is 25.0. The highest BCUT2D eigenvalue weighted by atomic mass is 79.9. The summed E-state index contributed by atoms with van der Waals surface area (Å²) >= 11 is 7.00. The number of aryl methyl sites for hydroxylation is 1. The third kappa shape index (κ3) is 6.13. The van der Waals surface area contributed by atoms with E-state index < -0.39 is 6.03 Å². The number of carbonyl (C=O) groups is 2. The number of imide groups is 1. The van der Waals surface area contributed by atoms with Gasteiger partial charge in [-0.1, -0.05) is 57.9 Å². The van der Waals surface area contributed by atoms with Gasteiger partial charge < -0.3 is 14.8 Å². The fourth-order valence-electron chi connectivity index (χ4n) is 3.69. The van der Waals surface area contributed by atoms with Crippen molar-refractivity contribution in [1.82, 2.24) is 10.2 Å². The van der Waals surface area contributed by atoms with Crippen LogP contribution >= 0.6 is 31.9 Å². The third-order valence-corrected chi connectivity index (χ3v) is 6.44. The van der Waals surface area contributed by atoms with E-state index in [4.69, 9.17) is 9.47 Å². The van der Waals surface area contributed by atoms with Crippen LogP contribution in [0.15, 0.2) is 75.3 Å². The second-order valence-electron chi connectivity index (χ2n) is 8.05. The Bertz CT molecular complexity index is 1290. The molecule has 0 saturated carbocycles. The maximum atomic E-state index is 13.0. The molecule has 3 amide bonds. The van der Waals surface area contributed by atoms with Crippen molar-refractivity contribution in [3.8, 4) is 11.5 Å². The Morgan fingerprint density at radius 2 is 1.74 bits per heavy atom. The van der Waals surface area contributed by atoms with Crippen molar-refractivity contribution in [3.63, 3.8) is 0 Å². The fourth-order valence-corrected chi connectivity index (χ4v) is 4.52. The third-order valence-electron chi connectivity index (χ3n) is 5.32. The van der Waals surface area contributed by atoms with E-state index in [1.165, 1.54) is 4.90 Å². The molecule has 0 spiro atoms. The Morgan fingerprint density at radius 3 is 2.46 bits per heavy atom. The molecule has 0 aliphatic carbocycles. The molecule has 1 heterocycles. The number of urea groups is 1. The van der Waals surface area contributed by atoms with Crippen molar-refractivity contribution in [2.75, 3.05) is 6.61 Å². The highest BCUT2D eigenvalue weighted by Crippen LogP contribution is 2.38. The summed E-state index contributed by atoms with van der Waals surface area (Å²) in [6.45, 7) is 4.89. The van der Waals surface area contributed by atoms with Crippen molar-refractivity contribution in [2.45, 2.75) is 27.0 Å². The minimum Gasteiger partial charge on any atom is -0.490 e. The van der Waals surface area contributed by atoms with Gasteiger partial charge in [-0.15, -0.1) is 0 Å². The SMILES string of the molecule is CCOc1cc(/C=C2/NC(=O)N(Cc3cccc(C)c3)C2=O)cc(Br)c1OCc1ccc(Br)cc1. The van der Waals surface area contributed by atoms with Crippen molar-refractivity contribution >= 4 is 49.9 Å². The molecule has 6 nitrogen and oxygen atoms in total. The Kier molecular flexibility index (Phi) is 7.93. The lowest BCUT2D eigenvalue weighted by molar-refractivity contribution is -0.123. The molecule has 0 aromatic heterocycles. The van der Waals surface area contributed by atoms with Gasteiger partial charge in [0.2, 0.25) is 0 Å². The number of amides is 3. The van der Waals surface area contributed by atoms with Crippen molar-refractivity contribution in [2.24, 2.45) is 0 Å². The monoisotopic (exact) mass is 598 g/mol. The number of nitrogens with one attached hydrogen (secondary N) is 1. The minimum atomic E-state index is -0.443. The summed E-state index contributed by atoms with van der Waals surface area (Å²) in [5.41, 5.74) is 3.88. The molecule has 1 saturated heterocycles. The van der Waals surface area contributed by atoms with Crippen LogP contribution in [0.4, 0.5) is 4.79 Å². The maximum Gasteiger partial charge on any atom is 0.329 e. The van der Waals surface area contributed by atoms with Gasteiger partial charge in [0.15, 0.2) is 11.5 Å². The number of ether oxygens (including phenoxy) is 2. The summed E-state index contributed by atoms with van der Waals surface area (Å²) in [6.07, 6.45) is 1.64. The molecule has 0 radical (unpaired) electrons. The quantitative estimate of drug-likeness (QED) is 0.234. The first-order chi connectivity index (χ1) is 16.8. The highest BCUT2D eigenvalue weighted by molar-refractivity contribution is 9.10. The zero-order valence-electron chi connectivity index (χ0n) is 19.3. The summed E-state index contributed by atoms with van der Waals surface area (Å²) in [7, 11) is 0. The largest absolute Gasteiger partial charge is 0.490 e. The van der Waals surface area contributed by atoms with E-state index in [-0.39, 0.29) is 18.1 Å². The van der Waals surface area contributed by atoms with Crippen LogP contribution in [0.5, 0.6) is 11.5 Å². The Morgan fingerprint density at radius 1 is 0.971 bits per heavy atom. The van der Waals surface area contributed by atoms with Crippen molar-refractivity contribution in [1.29, 1.82) is 0 Å². The summed E-state index contributed by atoms with van der Waals surface area (Å²) in [5.74, 6) is 0.736. The standard InChI is InChI=1S/C27H24Br2N2O4/c1-3-34-24-14-20(12-22(29)25(24)35-16-18-7-9-21(28)10-8-18)13-23-26(32)31(27(33)30-23)15-19-6-4-5-17(2)11-19/h4-14H,3,15-16H2,1-2H3,(H,30,33)/b23-13+. The van der Waals surface area contributed by atoms with Gasteiger partial charge in [0.1, 0.15) is 12.3 Å². The highest BCUT2D eigenvalue weighted by Gasteiger charge is 2.33. The number of carbonyl (C=O) groups excluding carboxylic acids is 2. The van der Waals surface area contributed by atoms with E-state index in [1.807, 2.05) is 68.4 Å². The molecule has 1 N–H and O–H groups in total. The summed E-state index contributed by atoms with van der Waals surface area (Å²) in [5, 5.41) is 2.68.